The molecule has 1 aromatic carbocycles. The average Bonchev–Trinajstić information content (AvgIpc) is 2.46. The van der Waals surface area contributed by atoms with Gasteiger partial charge in [0, 0.05) is 12.7 Å². The highest BCUT2D eigenvalue weighted by Crippen LogP contribution is 2.22. The molecule has 0 fully saturated rings. The zero-order chi connectivity index (χ0) is 15.7. The first kappa shape index (κ1) is 15.1. The smallest absolute Gasteiger partial charge is 0.343 e. The SMILES string of the molecule is CCOC(=O)c1cn(CC)c2c(F)c(F)c(F)cc2c1=O. The maximum atomic E-state index is 13.9. The van der Waals surface area contributed by atoms with Crippen LogP contribution in [0.3, 0.4) is 0 Å². The predicted molar refractivity (Wildman–Crippen MR) is 69.7 cm³/mol. The highest BCUT2D eigenvalue weighted by Gasteiger charge is 2.22. The molecule has 4 nitrogen and oxygen atoms in total. The van der Waals surface area contributed by atoms with Crippen LogP contribution in [0.5, 0.6) is 0 Å². The molecule has 1 aromatic heterocycles. The summed E-state index contributed by atoms with van der Waals surface area (Å²) in [5, 5.41) is -0.404. The minimum atomic E-state index is -1.66. The number of halogens is 3. The first-order valence-electron chi connectivity index (χ1n) is 6.30. The Morgan fingerprint density at radius 3 is 2.48 bits per heavy atom. The first-order valence-corrected chi connectivity index (χ1v) is 6.30. The number of carbonyl (C=O) groups is 1. The molecule has 1 heterocycles. The molecule has 0 aliphatic carbocycles. The molecule has 0 saturated carbocycles. The fourth-order valence-corrected chi connectivity index (χ4v) is 2.07. The molecule has 0 aliphatic heterocycles. The summed E-state index contributed by atoms with van der Waals surface area (Å²) in [6.07, 6.45) is 1.09. The summed E-state index contributed by atoms with van der Waals surface area (Å²) >= 11 is 0. The zero-order valence-corrected chi connectivity index (χ0v) is 11.4. The van der Waals surface area contributed by atoms with Crippen molar-refractivity contribution in [2.24, 2.45) is 0 Å². The van der Waals surface area contributed by atoms with Gasteiger partial charge in [-0.2, -0.15) is 0 Å². The van der Waals surface area contributed by atoms with Crippen molar-refractivity contribution in [1.82, 2.24) is 4.57 Å². The van der Waals surface area contributed by atoms with Crippen LogP contribution in [0.25, 0.3) is 10.9 Å². The van der Waals surface area contributed by atoms with E-state index in [1.54, 1.807) is 13.8 Å². The van der Waals surface area contributed by atoms with Gasteiger partial charge in [0.1, 0.15) is 5.56 Å². The van der Waals surface area contributed by atoms with Crippen LogP contribution in [-0.4, -0.2) is 17.1 Å². The van der Waals surface area contributed by atoms with Crippen LogP contribution >= 0.6 is 0 Å². The summed E-state index contributed by atoms with van der Waals surface area (Å²) in [5.74, 6) is -5.50. The molecule has 112 valence electrons. The predicted octanol–water partition coefficient (Wildman–Crippen LogP) is 2.62. The molecule has 7 heteroatoms. The normalized spacial score (nSPS) is 10.9. The van der Waals surface area contributed by atoms with Crippen LogP contribution in [0.15, 0.2) is 17.1 Å². The van der Waals surface area contributed by atoms with E-state index in [1.165, 1.54) is 4.57 Å². The van der Waals surface area contributed by atoms with Crippen LogP contribution in [0.4, 0.5) is 13.2 Å². The van der Waals surface area contributed by atoms with Gasteiger partial charge in [-0.05, 0) is 19.9 Å². The van der Waals surface area contributed by atoms with E-state index >= 15 is 0 Å². The van der Waals surface area contributed by atoms with E-state index in [0.29, 0.717) is 6.07 Å². The Bertz CT molecular complexity index is 783. The van der Waals surface area contributed by atoms with Crippen LogP contribution < -0.4 is 5.43 Å². The number of benzene rings is 1. The van der Waals surface area contributed by atoms with E-state index < -0.39 is 34.2 Å². The number of esters is 1. The second-order valence-corrected chi connectivity index (χ2v) is 4.26. The van der Waals surface area contributed by atoms with Crippen LogP contribution in [-0.2, 0) is 11.3 Å². The van der Waals surface area contributed by atoms with Gasteiger partial charge in [-0.25, -0.2) is 18.0 Å². The molecule has 0 bridgehead atoms. The highest BCUT2D eigenvalue weighted by atomic mass is 19.2. The maximum absolute atomic E-state index is 13.9. The Hall–Kier alpha value is -2.31. The van der Waals surface area contributed by atoms with Crippen molar-refractivity contribution < 1.29 is 22.7 Å². The molecule has 0 atom stereocenters. The lowest BCUT2D eigenvalue weighted by atomic mass is 10.1. The molecule has 0 N–H and O–H groups in total. The molecule has 0 unspecified atom stereocenters. The number of aromatic nitrogens is 1. The Kier molecular flexibility index (Phi) is 4.02. The van der Waals surface area contributed by atoms with Crippen molar-refractivity contribution in [2.45, 2.75) is 20.4 Å². The minimum absolute atomic E-state index is 0.0502. The number of aryl methyl sites for hydroxylation is 1. The van der Waals surface area contributed by atoms with Gasteiger partial charge in [0.05, 0.1) is 17.5 Å². The van der Waals surface area contributed by atoms with Crippen molar-refractivity contribution in [3.8, 4) is 0 Å². The van der Waals surface area contributed by atoms with Crippen LogP contribution in [0.1, 0.15) is 24.2 Å². The number of ether oxygens (including phenoxy) is 1. The van der Waals surface area contributed by atoms with Gasteiger partial charge in [-0.3, -0.25) is 4.79 Å². The fraction of sp³-hybridized carbons (Fsp3) is 0.286. The lowest BCUT2D eigenvalue weighted by Gasteiger charge is -2.12. The van der Waals surface area contributed by atoms with Gasteiger partial charge >= 0.3 is 5.97 Å². The molecule has 0 amide bonds. The second-order valence-electron chi connectivity index (χ2n) is 4.26. The van der Waals surface area contributed by atoms with E-state index in [9.17, 15) is 22.8 Å². The Morgan fingerprint density at radius 2 is 1.90 bits per heavy atom. The fourth-order valence-electron chi connectivity index (χ4n) is 2.07. The van der Waals surface area contributed by atoms with Gasteiger partial charge in [0.15, 0.2) is 17.5 Å². The van der Waals surface area contributed by atoms with Crippen molar-refractivity contribution >= 4 is 16.9 Å². The van der Waals surface area contributed by atoms with E-state index in [2.05, 4.69) is 0 Å². The monoisotopic (exact) mass is 299 g/mol. The molecular weight excluding hydrogens is 287 g/mol. The van der Waals surface area contributed by atoms with E-state index in [-0.39, 0.29) is 24.2 Å². The zero-order valence-electron chi connectivity index (χ0n) is 11.4. The summed E-state index contributed by atoms with van der Waals surface area (Å²) in [6, 6.07) is 0.588. The van der Waals surface area contributed by atoms with Gasteiger partial charge in [-0.1, -0.05) is 0 Å². The molecule has 21 heavy (non-hydrogen) atoms. The molecule has 2 rings (SSSR count). The maximum Gasteiger partial charge on any atom is 0.343 e. The Labute approximate surface area is 117 Å². The largest absolute Gasteiger partial charge is 0.462 e. The van der Waals surface area contributed by atoms with Gasteiger partial charge in [0.2, 0.25) is 5.43 Å². The molecular formula is C14H12F3NO3. The third-order valence-electron chi connectivity index (χ3n) is 3.03. The highest BCUT2D eigenvalue weighted by molar-refractivity contribution is 5.94. The number of hydrogen-bond donors (Lipinski definition) is 0. The Balaban J connectivity index is 2.90. The molecule has 0 radical (unpaired) electrons. The van der Waals surface area contributed by atoms with Gasteiger partial charge in [-0.15, -0.1) is 0 Å². The van der Waals surface area contributed by atoms with E-state index in [4.69, 9.17) is 4.74 Å². The van der Waals surface area contributed by atoms with Crippen molar-refractivity contribution in [1.29, 1.82) is 0 Å². The standard InChI is InChI=1S/C14H12F3NO3/c1-3-18-6-8(14(20)21-4-2)13(19)7-5-9(15)10(16)11(17)12(7)18/h5-6H,3-4H2,1-2H3. The van der Waals surface area contributed by atoms with Crippen molar-refractivity contribution in [2.75, 3.05) is 6.61 Å². The summed E-state index contributed by atoms with van der Waals surface area (Å²) in [5.41, 5.74) is -1.63. The summed E-state index contributed by atoms with van der Waals surface area (Å²) < 4.78 is 46.4. The van der Waals surface area contributed by atoms with Crippen molar-refractivity contribution in [3.63, 3.8) is 0 Å². The average molecular weight is 299 g/mol. The third-order valence-corrected chi connectivity index (χ3v) is 3.03. The number of pyridine rings is 1. The number of nitrogens with zero attached hydrogens (tertiary/aromatic N) is 1. The topological polar surface area (TPSA) is 48.3 Å². The number of fused-ring (bicyclic) bond motifs is 1. The Morgan fingerprint density at radius 1 is 1.24 bits per heavy atom. The van der Waals surface area contributed by atoms with Gasteiger partial charge in [0.25, 0.3) is 0 Å². The summed E-state index contributed by atoms with van der Waals surface area (Å²) in [6.45, 7) is 3.38. The quantitative estimate of drug-likeness (QED) is 0.646. The molecule has 0 spiro atoms. The van der Waals surface area contributed by atoms with E-state index in [1.807, 2.05) is 0 Å². The molecule has 0 aliphatic rings. The number of hydrogen-bond acceptors (Lipinski definition) is 3. The number of carbonyl (C=O) groups excluding carboxylic acids is 1. The summed E-state index contributed by atoms with van der Waals surface area (Å²) in [4.78, 5) is 23.9. The molecule has 0 saturated heterocycles. The lowest BCUT2D eigenvalue weighted by Crippen LogP contribution is -2.22. The molecule has 2 aromatic rings. The van der Waals surface area contributed by atoms with Gasteiger partial charge < -0.3 is 9.30 Å². The van der Waals surface area contributed by atoms with Crippen LogP contribution in [0.2, 0.25) is 0 Å². The second kappa shape index (κ2) is 5.59. The number of rotatable bonds is 3. The van der Waals surface area contributed by atoms with E-state index in [0.717, 1.165) is 6.20 Å². The van der Waals surface area contributed by atoms with Crippen LogP contribution in [0, 0.1) is 17.5 Å². The van der Waals surface area contributed by atoms with Crippen molar-refractivity contribution in [3.05, 3.63) is 45.5 Å². The first-order chi connectivity index (χ1) is 9.92. The third kappa shape index (κ3) is 2.39. The minimum Gasteiger partial charge on any atom is -0.462 e. The summed E-state index contributed by atoms with van der Waals surface area (Å²) in [7, 11) is 0. The lowest BCUT2D eigenvalue weighted by molar-refractivity contribution is 0.0524.